The fraction of sp³-hybridized carbons (Fsp3) is 0.538. The second-order valence-electron chi connectivity index (χ2n) is 3.80. The van der Waals surface area contributed by atoms with E-state index in [4.69, 9.17) is 18.5 Å². The van der Waals surface area contributed by atoms with Crippen LogP contribution < -0.4 is 4.74 Å². The predicted molar refractivity (Wildman–Crippen MR) is 73.5 cm³/mol. The number of rotatable bonds is 9. The van der Waals surface area contributed by atoms with E-state index in [1.165, 1.54) is 0 Å². The molecule has 0 unspecified atom stereocenters. The van der Waals surface area contributed by atoms with E-state index in [1.54, 1.807) is 21.0 Å². The van der Waals surface area contributed by atoms with Crippen molar-refractivity contribution in [3.8, 4) is 5.75 Å². The third kappa shape index (κ3) is 5.74. The van der Waals surface area contributed by atoms with Crippen molar-refractivity contribution in [2.24, 2.45) is 0 Å². The highest BCUT2D eigenvalue weighted by atomic mass is 31.2. The van der Waals surface area contributed by atoms with Gasteiger partial charge in [0.15, 0.2) is 6.79 Å². The molecule has 108 valence electrons. The van der Waals surface area contributed by atoms with Gasteiger partial charge in [-0.25, -0.2) is 0 Å². The second kappa shape index (κ2) is 8.33. The van der Waals surface area contributed by atoms with Crippen molar-refractivity contribution in [1.29, 1.82) is 0 Å². The van der Waals surface area contributed by atoms with Gasteiger partial charge in [0, 0.05) is 7.11 Å². The summed E-state index contributed by atoms with van der Waals surface area (Å²) in [5.74, 6) is 0.666. The molecule has 6 heteroatoms. The second-order valence-corrected chi connectivity index (χ2v) is 5.86. The minimum atomic E-state index is -3.07. The third-order valence-corrected chi connectivity index (χ3v) is 4.33. The number of hydrogen-bond acceptors (Lipinski definition) is 5. The highest BCUT2D eigenvalue weighted by Crippen LogP contribution is 2.51. The lowest BCUT2D eigenvalue weighted by atomic mass is 10.2. The van der Waals surface area contributed by atoms with E-state index in [0.717, 1.165) is 5.56 Å². The fourth-order valence-corrected chi connectivity index (χ4v) is 3.29. The Labute approximate surface area is 114 Å². The lowest BCUT2D eigenvalue weighted by Gasteiger charge is -2.17. The quantitative estimate of drug-likeness (QED) is 0.514. The van der Waals surface area contributed by atoms with Crippen LogP contribution in [-0.2, 0) is 24.5 Å². The minimum Gasteiger partial charge on any atom is -0.468 e. The van der Waals surface area contributed by atoms with Gasteiger partial charge < -0.3 is 18.5 Å². The van der Waals surface area contributed by atoms with Gasteiger partial charge in [-0.15, -0.1) is 0 Å². The Hall–Kier alpha value is -0.870. The molecule has 5 nitrogen and oxygen atoms in total. The molecule has 0 fully saturated rings. The molecule has 0 radical (unpaired) electrons. The van der Waals surface area contributed by atoms with E-state index < -0.39 is 7.60 Å². The van der Waals surface area contributed by atoms with Crippen LogP contribution in [0.5, 0.6) is 5.75 Å². The molecule has 1 aromatic carbocycles. The molecule has 0 aliphatic heterocycles. The Bertz CT molecular complexity index is 411. The number of hydrogen-bond donors (Lipinski definition) is 0. The number of methoxy groups -OCH3 is 1. The zero-order valence-electron chi connectivity index (χ0n) is 11.6. The first kappa shape index (κ1) is 16.2. The molecule has 0 aliphatic rings. The zero-order valence-corrected chi connectivity index (χ0v) is 12.5. The standard InChI is InChI=1S/C13H21O5P/c1-4-17-19(14,18-5-2)10-12-7-6-8-13(9-12)16-11-15-3/h6-9H,4-5,10-11H2,1-3H3. The van der Waals surface area contributed by atoms with Crippen molar-refractivity contribution < 1.29 is 23.1 Å². The number of ether oxygens (including phenoxy) is 2. The molecule has 0 aliphatic carbocycles. The normalized spacial score (nSPS) is 11.5. The first-order valence-electron chi connectivity index (χ1n) is 6.22. The molecular formula is C13H21O5P. The molecule has 1 aromatic rings. The van der Waals surface area contributed by atoms with Gasteiger partial charge in [-0.2, -0.15) is 0 Å². The monoisotopic (exact) mass is 288 g/mol. The lowest BCUT2D eigenvalue weighted by Crippen LogP contribution is -2.01. The predicted octanol–water partition coefficient (Wildman–Crippen LogP) is 3.44. The van der Waals surface area contributed by atoms with E-state index in [2.05, 4.69) is 0 Å². The molecule has 0 saturated heterocycles. The third-order valence-electron chi connectivity index (χ3n) is 2.27. The topological polar surface area (TPSA) is 54.0 Å². The van der Waals surface area contributed by atoms with Crippen molar-refractivity contribution in [3.63, 3.8) is 0 Å². The molecular weight excluding hydrogens is 267 g/mol. The van der Waals surface area contributed by atoms with E-state index >= 15 is 0 Å². The fourth-order valence-electron chi connectivity index (χ4n) is 1.61. The summed E-state index contributed by atoms with van der Waals surface area (Å²) in [5.41, 5.74) is 0.846. The molecule has 0 amide bonds. The average molecular weight is 288 g/mol. The molecule has 19 heavy (non-hydrogen) atoms. The van der Waals surface area contributed by atoms with Gasteiger partial charge in [0.05, 0.1) is 19.4 Å². The Morgan fingerprint density at radius 2 is 1.84 bits per heavy atom. The Morgan fingerprint density at radius 1 is 1.16 bits per heavy atom. The van der Waals surface area contributed by atoms with Crippen LogP contribution in [0.3, 0.4) is 0 Å². The summed E-state index contributed by atoms with van der Waals surface area (Å²) in [7, 11) is -1.52. The maximum Gasteiger partial charge on any atom is 0.335 e. The first-order valence-corrected chi connectivity index (χ1v) is 7.95. The van der Waals surface area contributed by atoms with Crippen LogP contribution in [-0.4, -0.2) is 27.1 Å². The molecule has 0 heterocycles. The molecule has 0 spiro atoms. The molecule has 0 aromatic heterocycles. The highest BCUT2D eigenvalue weighted by Gasteiger charge is 2.24. The van der Waals surface area contributed by atoms with E-state index in [-0.39, 0.29) is 13.0 Å². The van der Waals surface area contributed by atoms with Gasteiger partial charge in [-0.05, 0) is 31.5 Å². The van der Waals surface area contributed by atoms with Crippen molar-refractivity contribution in [1.82, 2.24) is 0 Å². The Morgan fingerprint density at radius 3 is 2.42 bits per heavy atom. The average Bonchev–Trinajstić information content (AvgIpc) is 2.37. The van der Waals surface area contributed by atoms with Crippen LogP contribution >= 0.6 is 7.60 Å². The van der Waals surface area contributed by atoms with Crippen LogP contribution in [0.2, 0.25) is 0 Å². The Balaban J connectivity index is 2.76. The van der Waals surface area contributed by atoms with Crippen LogP contribution in [0.25, 0.3) is 0 Å². The largest absolute Gasteiger partial charge is 0.468 e. The van der Waals surface area contributed by atoms with Crippen LogP contribution in [0.15, 0.2) is 24.3 Å². The summed E-state index contributed by atoms with van der Waals surface area (Å²) >= 11 is 0. The zero-order chi connectivity index (χ0) is 14.1. The van der Waals surface area contributed by atoms with Gasteiger partial charge in [0.1, 0.15) is 5.75 Å². The van der Waals surface area contributed by atoms with E-state index in [1.807, 2.05) is 24.3 Å². The van der Waals surface area contributed by atoms with Gasteiger partial charge in [0.2, 0.25) is 0 Å². The van der Waals surface area contributed by atoms with Crippen LogP contribution in [0.4, 0.5) is 0 Å². The first-order chi connectivity index (χ1) is 9.13. The highest BCUT2D eigenvalue weighted by molar-refractivity contribution is 7.53. The van der Waals surface area contributed by atoms with Crippen LogP contribution in [0, 0.1) is 0 Å². The van der Waals surface area contributed by atoms with Gasteiger partial charge in [-0.3, -0.25) is 4.57 Å². The maximum atomic E-state index is 12.4. The maximum absolute atomic E-state index is 12.4. The molecule has 1 rings (SSSR count). The van der Waals surface area contributed by atoms with Gasteiger partial charge in [0.25, 0.3) is 0 Å². The van der Waals surface area contributed by atoms with Crippen molar-refractivity contribution in [2.75, 3.05) is 27.1 Å². The minimum absolute atomic E-state index is 0.179. The summed E-state index contributed by atoms with van der Waals surface area (Å²) < 4.78 is 33.1. The van der Waals surface area contributed by atoms with E-state index in [9.17, 15) is 4.57 Å². The summed E-state index contributed by atoms with van der Waals surface area (Å²) in [6, 6.07) is 7.32. The van der Waals surface area contributed by atoms with E-state index in [0.29, 0.717) is 19.0 Å². The smallest absolute Gasteiger partial charge is 0.335 e. The number of benzene rings is 1. The lowest BCUT2D eigenvalue weighted by molar-refractivity contribution is 0.0511. The SMILES string of the molecule is CCOP(=O)(Cc1cccc(OCOC)c1)OCC. The summed E-state index contributed by atoms with van der Waals surface area (Å²) in [6.07, 6.45) is 0.235. The van der Waals surface area contributed by atoms with Crippen molar-refractivity contribution in [2.45, 2.75) is 20.0 Å². The van der Waals surface area contributed by atoms with Gasteiger partial charge >= 0.3 is 7.60 Å². The van der Waals surface area contributed by atoms with Crippen molar-refractivity contribution in [3.05, 3.63) is 29.8 Å². The molecule has 0 saturated carbocycles. The Kier molecular flexibility index (Phi) is 7.10. The summed E-state index contributed by atoms with van der Waals surface area (Å²) in [5, 5.41) is 0. The summed E-state index contributed by atoms with van der Waals surface area (Å²) in [4.78, 5) is 0. The molecule has 0 N–H and O–H groups in total. The van der Waals surface area contributed by atoms with Crippen LogP contribution in [0.1, 0.15) is 19.4 Å². The molecule has 0 bridgehead atoms. The molecule has 0 atom stereocenters. The van der Waals surface area contributed by atoms with Crippen molar-refractivity contribution >= 4 is 7.60 Å². The van der Waals surface area contributed by atoms with Gasteiger partial charge in [-0.1, -0.05) is 12.1 Å². The summed E-state index contributed by atoms with van der Waals surface area (Å²) in [6.45, 7) is 4.49.